The standard InChI is InChI=1S/C16H21NO2/c1-18-15-7-12-10-5-3-4-6-11(10)14(9-17)13(12)8-16(15)19-2/h7-8,14H,3-6,9,17H2,1-2H3. The molecule has 0 bridgehead atoms. The summed E-state index contributed by atoms with van der Waals surface area (Å²) in [6.07, 6.45) is 4.94. The van der Waals surface area contributed by atoms with Gasteiger partial charge in [0.2, 0.25) is 0 Å². The minimum atomic E-state index is 0.380. The van der Waals surface area contributed by atoms with E-state index in [9.17, 15) is 0 Å². The lowest BCUT2D eigenvalue weighted by Crippen LogP contribution is -2.13. The summed E-state index contributed by atoms with van der Waals surface area (Å²) >= 11 is 0. The number of hydrogen-bond donors (Lipinski definition) is 1. The van der Waals surface area contributed by atoms with E-state index >= 15 is 0 Å². The van der Waals surface area contributed by atoms with E-state index in [-0.39, 0.29) is 0 Å². The van der Waals surface area contributed by atoms with Gasteiger partial charge in [-0.05, 0) is 54.5 Å². The number of methoxy groups -OCH3 is 2. The van der Waals surface area contributed by atoms with Gasteiger partial charge in [-0.3, -0.25) is 0 Å². The first kappa shape index (κ1) is 12.5. The van der Waals surface area contributed by atoms with Gasteiger partial charge in [-0.15, -0.1) is 0 Å². The number of allylic oxidation sites excluding steroid dienone is 1. The molecule has 0 fully saturated rings. The van der Waals surface area contributed by atoms with Crippen molar-refractivity contribution in [2.24, 2.45) is 5.73 Å². The molecule has 1 aromatic carbocycles. The number of hydrogen-bond acceptors (Lipinski definition) is 3. The Bertz CT molecular complexity index is 534. The second-order valence-electron chi connectivity index (χ2n) is 5.29. The van der Waals surface area contributed by atoms with E-state index < -0.39 is 0 Å². The van der Waals surface area contributed by atoms with E-state index in [0.717, 1.165) is 11.5 Å². The zero-order valence-electron chi connectivity index (χ0n) is 11.7. The van der Waals surface area contributed by atoms with Crippen molar-refractivity contribution in [1.29, 1.82) is 0 Å². The van der Waals surface area contributed by atoms with Crippen LogP contribution in [0.15, 0.2) is 17.7 Å². The molecule has 2 aliphatic rings. The van der Waals surface area contributed by atoms with E-state index in [2.05, 4.69) is 12.1 Å². The molecule has 0 aliphatic heterocycles. The third-order valence-electron chi connectivity index (χ3n) is 4.42. The molecule has 3 heteroatoms. The van der Waals surface area contributed by atoms with Crippen LogP contribution in [0.4, 0.5) is 0 Å². The Morgan fingerprint density at radius 3 is 2.47 bits per heavy atom. The first-order chi connectivity index (χ1) is 9.30. The molecule has 2 N–H and O–H groups in total. The topological polar surface area (TPSA) is 44.5 Å². The lowest BCUT2D eigenvalue weighted by molar-refractivity contribution is 0.354. The van der Waals surface area contributed by atoms with Gasteiger partial charge in [-0.25, -0.2) is 0 Å². The molecule has 0 spiro atoms. The maximum atomic E-state index is 6.01. The fraction of sp³-hybridized carbons (Fsp3) is 0.500. The van der Waals surface area contributed by atoms with E-state index in [4.69, 9.17) is 15.2 Å². The molecule has 0 saturated heterocycles. The van der Waals surface area contributed by atoms with E-state index in [0.29, 0.717) is 12.5 Å². The number of benzene rings is 1. The highest BCUT2D eigenvalue weighted by Crippen LogP contribution is 2.50. The van der Waals surface area contributed by atoms with Crippen molar-refractivity contribution in [2.75, 3.05) is 20.8 Å². The van der Waals surface area contributed by atoms with Crippen LogP contribution in [0.25, 0.3) is 5.57 Å². The van der Waals surface area contributed by atoms with Crippen molar-refractivity contribution < 1.29 is 9.47 Å². The van der Waals surface area contributed by atoms with Crippen molar-refractivity contribution in [1.82, 2.24) is 0 Å². The molecule has 0 radical (unpaired) electrons. The first-order valence-corrected chi connectivity index (χ1v) is 6.98. The molecule has 1 atom stereocenters. The SMILES string of the molecule is COc1cc2c(cc1OC)C(CN)C1=C2CCCC1. The molecule has 1 aromatic rings. The summed E-state index contributed by atoms with van der Waals surface area (Å²) in [4.78, 5) is 0. The molecule has 102 valence electrons. The Hall–Kier alpha value is -1.48. The van der Waals surface area contributed by atoms with Crippen LogP contribution in [0.1, 0.15) is 42.7 Å². The summed E-state index contributed by atoms with van der Waals surface area (Å²) in [6.45, 7) is 0.682. The highest BCUT2D eigenvalue weighted by molar-refractivity contribution is 5.81. The molecule has 3 nitrogen and oxygen atoms in total. The minimum absolute atomic E-state index is 0.380. The quantitative estimate of drug-likeness (QED) is 0.907. The summed E-state index contributed by atoms with van der Waals surface area (Å²) in [5.74, 6) is 2.00. The highest BCUT2D eigenvalue weighted by Gasteiger charge is 2.32. The van der Waals surface area contributed by atoms with E-state index in [1.165, 1.54) is 42.4 Å². The van der Waals surface area contributed by atoms with Gasteiger partial charge < -0.3 is 15.2 Å². The monoisotopic (exact) mass is 259 g/mol. The Labute approximate surface area is 114 Å². The summed E-state index contributed by atoms with van der Waals surface area (Å²) in [6, 6.07) is 4.24. The Morgan fingerprint density at radius 1 is 1.11 bits per heavy atom. The van der Waals surface area contributed by atoms with Crippen molar-refractivity contribution in [3.8, 4) is 11.5 Å². The zero-order valence-corrected chi connectivity index (χ0v) is 11.7. The molecule has 0 aromatic heterocycles. The molecular formula is C16H21NO2. The summed E-state index contributed by atoms with van der Waals surface area (Å²) in [5, 5.41) is 0. The maximum Gasteiger partial charge on any atom is 0.161 e. The fourth-order valence-electron chi connectivity index (χ4n) is 3.52. The van der Waals surface area contributed by atoms with E-state index in [1.54, 1.807) is 19.8 Å². The van der Waals surface area contributed by atoms with Crippen LogP contribution in [0, 0.1) is 0 Å². The Balaban J connectivity index is 2.15. The molecule has 0 heterocycles. The normalized spacial score (nSPS) is 21.1. The average molecular weight is 259 g/mol. The number of fused-ring (bicyclic) bond motifs is 2. The smallest absolute Gasteiger partial charge is 0.161 e. The number of ether oxygens (including phenoxy) is 2. The molecule has 2 aliphatic carbocycles. The molecule has 0 amide bonds. The zero-order chi connectivity index (χ0) is 13.4. The fourth-order valence-corrected chi connectivity index (χ4v) is 3.52. The van der Waals surface area contributed by atoms with Gasteiger partial charge in [0.15, 0.2) is 11.5 Å². The van der Waals surface area contributed by atoms with E-state index in [1.807, 2.05) is 0 Å². The molecule has 19 heavy (non-hydrogen) atoms. The third-order valence-corrected chi connectivity index (χ3v) is 4.42. The van der Waals surface area contributed by atoms with Crippen molar-refractivity contribution in [2.45, 2.75) is 31.6 Å². The molecule has 0 saturated carbocycles. The molecule has 3 rings (SSSR count). The van der Waals surface area contributed by atoms with Gasteiger partial charge in [-0.1, -0.05) is 5.57 Å². The predicted octanol–water partition coefficient (Wildman–Crippen LogP) is 3.09. The van der Waals surface area contributed by atoms with Crippen LogP contribution in [-0.2, 0) is 0 Å². The van der Waals surface area contributed by atoms with Crippen molar-refractivity contribution >= 4 is 5.57 Å². The van der Waals surface area contributed by atoms with Crippen LogP contribution in [0.2, 0.25) is 0 Å². The second kappa shape index (κ2) is 4.89. The van der Waals surface area contributed by atoms with Gasteiger partial charge in [0.25, 0.3) is 0 Å². The summed E-state index contributed by atoms with van der Waals surface area (Å²) < 4.78 is 10.9. The third kappa shape index (κ3) is 1.84. The summed E-state index contributed by atoms with van der Waals surface area (Å²) in [7, 11) is 3.37. The van der Waals surface area contributed by atoms with Crippen LogP contribution < -0.4 is 15.2 Å². The van der Waals surface area contributed by atoms with Crippen LogP contribution in [0.5, 0.6) is 11.5 Å². The lowest BCUT2D eigenvalue weighted by Gasteiger charge is -2.18. The number of nitrogens with two attached hydrogens (primary N) is 1. The average Bonchev–Trinajstić information content (AvgIpc) is 2.78. The highest BCUT2D eigenvalue weighted by atomic mass is 16.5. The first-order valence-electron chi connectivity index (χ1n) is 6.98. The van der Waals surface area contributed by atoms with Gasteiger partial charge in [-0.2, -0.15) is 0 Å². The largest absolute Gasteiger partial charge is 0.493 e. The van der Waals surface area contributed by atoms with Crippen LogP contribution in [0.3, 0.4) is 0 Å². The maximum absolute atomic E-state index is 6.01. The predicted molar refractivity (Wildman–Crippen MR) is 76.7 cm³/mol. The minimum Gasteiger partial charge on any atom is -0.493 e. The second-order valence-corrected chi connectivity index (χ2v) is 5.29. The summed E-state index contributed by atoms with van der Waals surface area (Å²) in [5.41, 5.74) is 11.7. The van der Waals surface area contributed by atoms with Gasteiger partial charge in [0.1, 0.15) is 0 Å². The van der Waals surface area contributed by atoms with Gasteiger partial charge in [0, 0.05) is 12.5 Å². The van der Waals surface area contributed by atoms with Gasteiger partial charge in [0.05, 0.1) is 14.2 Å². The lowest BCUT2D eigenvalue weighted by atomic mass is 9.88. The Kier molecular flexibility index (Phi) is 3.23. The van der Waals surface area contributed by atoms with Crippen LogP contribution >= 0.6 is 0 Å². The number of rotatable bonds is 3. The molecule has 1 unspecified atom stereocenters. The van der Waals surface area contributed by atoms with Crippen molar-refractivity contribution in [3.05, 3.63) is 28.8 Å². The molecular weight excluding hydrogens is 238 g/mol. The van der Waals surface area contributed by atoms with Gasteiger partial charge >= 0.3 is 0 Å². The van der Waals surface area contributed by atoms with Crippen molar-refractivity contribution in [3.63, 3.8) is 0 Å². The van der Waals surface area contributed by atoms with Crippen LogP contribution in [-0.4, -0.2) is 20.8 Å². The Morgan fingerprint density at radius 2 is 1.79 bits per heavy atom.